The Hall–Kier alpha value is -3.26. The molecule has 1 amide bonds. The van der Waals surface area contributed by atoms with E-state index < -0.39 is 0 Å². The SMILES string of the molecule is COc1ccc(CNC(=O)[C@@H]2CCCN(c3ccc(Sc4ccc(C)cc4)nn3)C2)cc1OC. The van der Waals surface area contributed by atoms with Gasteiger partial charge in [0, 0.05) is 24.5 Å². The molecule has 0 aliphatic carbocycles. The summed E-state index contributed by atoms with van der Waals surface area (Å²) in [5, 5.41) is 12.8. The number of hydrogen-bond acceptors (Lipinski definition) is 7. The summed E-state index contributed by atoms with van der Waals surface area (Å²) in [6, 6.07) is 18.0. The van der Waals surface area contributed by atoms with E-state index in [9.17, 15) is 4.79 Å². The summed E-state index contributed by atoms with van der Waals surface area (Å²) < 4.78 is 10.6. The van der Waals surface area contributed by atoms with Crippen LogP contribution in [0.25, 0.3) is 0 Å². The number of benzene rings is 2. The molecule has 1 fully saturated rings. The van der Waals surface area contributed by atoms with E-state index in [1.807, 2.05) is 30.3 Å². The lowest BCUT2D eigenvalue weighted by atomic mass is 9.97. The predicted molar refractivity (Wildman–Crippen MR) is 134 cm³/mol. The highest BCUT2D eigenvalue weighted by Crippen LogP contribution is 2.29. The number of aryl methyl sites for hydroxylation is 1. The Bertz CT molecular complexity index is 1110. The maximum Gasteiger partial charge on any atom is 0.225 e. The second-order valence-corrected chi connectivity index (χ2v) is 9.43. The van der Waals surface area contributed by atoms with Gasteiger partial charge in [0.15, 0.2) is 17.3 Å². The molecule has 0 radical (unpaired) electrons. The number of piperidine rings is 1. The highest BCUT2D eigenvalue weighted by atomic mass is 32.2. The van der Waals surface area contributed by atoms with Gasteiger partial charge in [-0.05, 0) is 61.7 Å². The number of carbonyl (C=O) groups is 1. The van der Waals surface area contributed by atoms with E-state index >= 15 is 0 Å². The molecule has 2 aromatic carbocycles. The van der Waals surface area contributed by atoms with Gasteiger partial charge in [-0.25, -0.2) is 0 Å². The zero-order valence-electron chi connectivity index (χ0n) is 19.8. The fraction of sp³-hybridized carbons (Fsp3) is 0.346. The molecular weight excluding hydrogens is 448 g/mol. The van der Waals surface area contributed by atoms with Crippen molar-refractivity contribution in [3.63, 3.8) is 0 Å². The molecule has 7 nitrogen and oxygen atoms in total. The van der Waals surface area contributed by atoms with Crippen LogP contribution in [0.2, 0.25) is 0 Å². The number of aromatic nitrogens is 2. The number of ether oxygens (including phenoxy) is 2. The Labute approximate surface area is 204 Å². The Balaban J connectivity index is 1.32. The van der Waals surface area contributed by atoms with E-state index in [-0.39, 0.29) is 11.8 Å². The molecule has 3 aromatic rings. The molecule has 8 heteroatoms. The van der Waals surface area contributed by atoms with Crippen molar-refractivity contribution in [1.29, 1.82) is 0 Å². The fourth-order valence-electron chi connectivity index (χ4n) is 3.99. The summed E-state index contributed by atoms with van der Waals surface area (Å²) in [4.78, 5) is 16.2. The van der Waals surface area contributed by atoms with E-state index in [4.69, 9.17) is 9.47 Å². The molecule has 1 saturated heterocycles. The molecule has 4 rings (SSSR count). The third-order valence-electron chi connectivity index (χ3n) is 5.90. The molecule has 1 atom stereocenters. The molecule has 1 aliphatic heterocycles. The summed E-state index contributed by atoms with van der Waals surface area (Å²) in [7, 11) is 3.21. The first-order valence-electron chi connectivity index (χ1n) is 11.4. The second kappa shape index (κ2) is 11.2. The third kappa shape index (κ3) is 5.99. The standard InChI is InChI=1S/C26H30N4O3S/c1-18-6-9-21(10-7-18)34-25-13-12-24(28-29-25)30-14-4-5-20(17-30)26(31)27-16-19-8-11-22(32-2)23(15-19)33-3/h6-13,15,20H,4-5,14,16-17H2,1-3H3,(H,27,31)/t20-/m1/s1. The third-order valence-corrected chi connectivity index (χ3v) is 6.84. The van der Waals surface area contributed by atoms with Crippen molar-refractivity contribution in [1.82, 2.24) is 15.5 Å². The predicted octanol–water partition coefficient (Wildman–Crippen LogP) is 4.49. The van der Waals surface area contributed by atoms with Crippen LogP contribution >= 0.6 is 11.8 Å². The summed E-state index contributed by atoms with van der Waals surface area (Å²) in [6.07, 6.45) is 1.80. The Morgan fingerprint density at radius 1 is 1.06 bits per heavy atom. The Morgan fingerprint density at radius 2 is 1.85 bits per heavy atom. The number of methoxy groups -OCH3 is 2. The minimum atomic E-state index is -0.0858. The zero-order valence-corrected chi connectivity index (χ0v) is 20.6. The van der Waals surface area contributed by atoms with Crippen molar-refractivity contribution in [2.75, 3.05) is 32.2 Å². The average molecular weight is 479 g/mol. The van der Waals surface area contributed by atoms with Crippen molar-refractivity contribution in [3.8, 4) is 11.5 Å². The van der Waals surface area contributed by atoms with Gasteiger partial charge in [0.05, 0.1) is 20.1 Å². The molecule has 2 heterocycles. The quantitative estimate of drug-likeness (QED) is 0.511. The first-order valence-corrected chi connectivity index (χ1v) is 12.2. The monoisotopic (exact) mass is 478 g/mol. The van der Waals surface area contributed by atoms with E-state index in [2.05, 4.69) is 51.6 Å². The molecule has 0 unspecified atom stereocenters. The molecule has 0 spiro atoms. The van der Waals surface area contributed by atoms with E-state index in [0.717, 1.165) is 40.7 Å². The van der Waals surface area contributed by atoms with Gasteiger partial charge in [0.2, 0.25) is 5.91 Å². The number of rotatable bonds is 8. The summed E-state index contributed by atoms with van der Waals surface area (Å²) in [6.45, 7) is 4.03. The minimum Gasteiger partial charge on any atom is -0.493 e. The van der Waals surface area contributed by atoms with Gasteiger partial charge in [-0.15, -0.1) is 10.2 Å². The van der Waals surface area contributed by atoms with Crippen molar-refractivity contribution < 1.29 is 14.3 Å². The molecule has 34 heavy (non-hydrogen) atoms. The maximum atomic E-state index is 12.9. The average Bonchev–Trinajstić information content (AvgIpc) is 2.89. The highest BCUT2D eigenvalue weighted by Gasteiger charge is 2.26. The van der Waals surface area contributed by atoms with Gasteiger partial charge < -0.3 is 19.7 Å². The number of anilines is 1. The lowest BCUT2D eigenvalue weighted by Gasteiger charge is -2.32. The molecule has 0 bridgehead atoms. The molecule has 1 aliphatic rings. The van der Waals surface area contributed by atoms with Crippen LogP contribution in [0.15, 0.2) is 64.5 Å². The molecule has 178 valence electrons. The van der Waals surface area contributed by atoms with Crippen molar-refractivity contribution >= 4 is 23.5 Å². The smallest absolute Gasteiger partial charge is 0.225 e. The molecule has 1 N–H and O–H groups in total. The fourth-order valence-corrected chi connectivity index (χ4v) is 4.72. The van der Waals surface area contributed by atoms with Crippen molar-refractivity contribution in [2.24, 2.45) is 5.92 Å². The molecular formula is C26H30N4O3S. The summed E-state index contributed by atoms with van der Waals surface area (Å²) >= 11 is 1.59. The first kappa shape index (κ1) is 23.9. The van der Waals surface area contributed by atoms with Gasteiger partial charge in [0.1, 0.15) is 5.03 Å². The van der Waals surface area contributed by atoms with Crippen LogP contribution in [0.5, 0.6) is 11.5 Å². The van der Waals surface area contributed by atoms with E-state index in [1.54, 1.807) is 26.0 Å². The highest BCUT2D eigenvalue weighted by molar-refractivity contribution is 7.99. The number of nitrogens with zero attached hydrogens (tertiary/aromatic N) is 3. The van der Waals surface area contributed by atoms with Crippen molar-refractivity contribution in [3.05, 3.63) is 65.7 Å². The van der Waals surface area contributed by atoms with Gasteiger partial charge >= 0.3 is 0 Å². The number of nitrogens with one attached hydrogen (secondary N) is 1. The Kier molecular flexibility index (Phi) is 7.90. The topological polar surface area (TPSA) is 76.6 Å². The molecule has 1 aromatic heterocycles. The molecule has 0 saturated carbocycles. The minimum absolute atomic E-state index is 0.0546. The van der Waals surface area contributed by atoms with Gasteiger partial charge in [-0.2, -0.15) is 0 Å². The van der Waals surface area contributed by atoms with Crippen LogP contribution < -0.4 is 19.7 Å². The van der Waals surface area contributed by atoms with Crippen LogP contribution in [0.1, 0.15) is 24.0 Å². The van der Waals surface area contributed by atoms with Crippen LogP contribution in [0.4, 0.5) is 5.82 Å². The second-order valence-electron chi connectivity index (χ2n) is 8.34. The number of carbonyl (C=O) groups excluding carboxylic acids is 1. The Morgan fingerprint density at radius 3 is 2.56 bits per heavy atom. The van der Waals surface area contributed by atoms with Crippen LogP contribution in [0.3, 0.4) is 0 Å². The number of amides is 1. The largest absolute Gasteiger partial charge is 0.493 e. The summed E-state index contributed by atoms with van der Waals surface area (Å²) in [5.41, 5.74) is 2.20. The van der Waals surface area contributed by atoms with Crippen LogP contribution in [-0.4, -0.2) is 43.4 Å². The normalized spacial score (nSPS) is 15.6. The van der Waals surface area contributed by atoms with E-state index in [0.29, 0.717) is 24.6 Å². The zero-order chi connectivity index (χ0) is 23.9. The van der Waals surface area contributed by atoms with Gasteiger partial charge in [-0.3, -0.25) is 4.79 Å². The number of hydrogen-bond donors (Lipinski definition) is 1. The van der Waals surface area contributed by atoms with Crippen LogP contribution in [0, 0.1) is 12.8 Å². The lowest BCUT2D eigenvalue weighted by Crippen LogP contribution is -2.43. The lowest BCUT2D eigenvalue weighted by molar-refractivity contribution is -0.125. The summed E-state index contributed by atoms with van der Waals surface area (Å²) in [5.74, 6) is 2.10. The van der Waals surface area contributed by atoms with Crippen molar-refractivity contribution in [2.45, 2.75) is 36.2 Å². The van der Waals surface area contributed by atoms with E-state index in [1.165, 1.54) is 5.56 Å². The maximum absolute atomic E-state index is 12.9. The van der Waals surface area contributed by atoms with Gasteiger partial charge in [-0.1, -0.05) is 35.5 Å². The van der Waals surface area contributed by atoms with Crippen LogP contribution in [-0.2, 0) is 11.3 Å². The first-order chi connectivity index (χ1) is 16.6. The van der Waals surface area contributed by atoms with Gasteiger partial charge in [0.25, 0.3) is 0 Å².